The zero-order valence-corrected chi connectivity index (χ0v) is 14.7. The van der Waals surface area contributed by atoms with Gasteiger partial charge >= 0.3 is 0 Å². The highest BCUT2D eigenvalue weighted by atomic mass is 16.3. The largest absolute Gasteiger partial charge is 0.390 e. The Bertz CT molecular complexity index is 707. The molecule has 0 bridgehead atoms. The van der Waals surface area contributed by atoms with Crippen LogP contribution in [0.15, 0.2) is 31.5 Å². The van der Waals surface area contributed by atoms with Crippen molar-refractivity contribution in [3.8, 4) is 0 Å². The van der Waals surface area contributed by atoms with E-state index in [0.29, 0.717) is 11.9 Å². The maximum atomic E-state index is 9.93. The van der Waals surface area contributed by atoms with E-state index in [-0.39, 0.29) is 0 Å². The highest BCUT2D eigenvalue weighted by molar-refractivity contribution is 5.53. The zero-order valence-electron chi connectivity index (χ0n) is 14.7. The molecule has 3 N–H and O–H groups in total. The van der Waals surface area contributed by atoms with Crippen LogP contribution in [0, 0.1) is 0 Å². The number of anilines is 3. The Labute approximate surface area is 148 Å². The molecule has 2 aromatic rings. The van der Waals surface area contributed by atoms with Gasteiger partial charge in [0.05, 0.1) is 5.60 Å². The number of rotatable bonds is 7. The minimum Gasteiger partial charge on any atom is -0.390 e. The lowest BCUT2D eigenvalue weighted by atomic mass is 10.2. The minimum atomic E-state index is -0.446. The van der Waals surface area contributed by atoms with E-state index < -0.39 is 5.60 Å². The predicted octanol–water partition coefficient (Wildman–Crippen LogP) is 2.97. The average Bonchev–Trinajstić information content (AvgIpc) is 3.56. The first-order chi connectivity index (χ1) is 12.1. The monoisotopic (exact) mass is 342 g/mol. The molecule has 0 saturated heterocycles. The average molecular weight is 342 g/mol. The summed E-state index contributed by atoms with van der Waals surface area (Å²) in [6, 6.07) is 3.88. The third kappa shape index (κ3) is 4.57. The maximum absolute atomic E-state index is 9.93. The number of nitrogens with one attached hydrogen (secondary N) is 2. The van der Waals surface area contributed by atoms with E-state index in [4.69, 9.17) is 0 Å². The van der Waals surface area contributed by atoms with Gasteiger partial charge in [-0.1, -0.05) is 0 Å². The van der Waals surface area contributed by atoms with E-state index in [0.717, 1.165) is 37.4 Å². The van der Waals surface area contributed by atoms with Crippen LogP contribution in [0.3, 0.4) is 0 Å². The van der Waals surface area contributed by atoms with Crippen molar-refractivity contribution in [2.75, 3.05) is 23.8 Å². The third-order valence-corrected chi connectivity index (χ3v) is 4.60. The van der Waals surface area contributed by atoms with Gasteiger partial charge in [0.25, 0.3) is 0 Å². The smallest absolute Gasteiger partial charge is 0.227 e. The van der Waals surface area contributed by atoms with Crippen LogP contribution in [0.1, 0.15) is 43.7 Å². The van der Waals surface area contributed by atoms with Crippen LogP contribution in [0.2, 0.25) is 0 Å². The van der Waals surface area contributed by atoms with Gasteiger partial charge in [0.15, 0.2) is 5.82 Å². The molecule has 7 nitrogen and oxygen atoms in total. The third-order valence-electron chi connectivity index (χ3n) is 4.60. The second kappa shape index (κ2) is 7.23. The first kappa shape index (κ1) is 17.4. The van der Waals surface area contributed by atoms with E-state index in [2.05, 4.69) is 38.6 Å². The summed E-state index contributed by atoms with van der Waals surface area (Å²) in [4.78, 5) is 10.8. The summed E-state index contributed by atoms with van der Waals surface area (Å²) >= 11 is 0. The Morgan fingerprint density at radius 1 is 1.36 bits per heavy atom. The lowest BCUT2D eigenvalue weighted by Gasteiger charge is -2.19. The van der Waals surface area contributed by atoms with Crippen LogP contribution in [-0.2, 0) is 0 Å². The normalized spacial score (nSPS) is 17.4. The van der Waals surface area contributed by atoms with Gasteiger partial charge in [-0.3, -0.25) is 5.10 Å². The Hall–Kier alpha value is -2.41. The van der Waals surface area contributed by atoms with E-state index in [1.54, 1.807) is 6.20 Å². The van der Waals surface area contributed by atoms with Crippen molar-refractivity contribution in [1.29, 1.82) is 0 Å². The molecule has 25 heavy (non-hydrogen) atoms. The number of nitrogens with zero attached hydrogens (tertiary/aromatic N) is 4. The Morgan fingerprint density at radius 3 is 2.80 bits per heavy atom. The Balaban J connectivity index is 0.000000880. The summed E-state index contributed by atoms with van der Waals surface area (Å²) in [6.07, 6.45) is 6.81. The topological polar surface area (TPSA) is 90.0 Å². The second-order valence-electron chi connectivity index (χ2n) is 6.75. The van der Waals surface area contributed by atoms with Crippen molar-refractivity contribution < 1.29 is 5.11 Å². The van der Waals surface area contributed by atoms with Crippen molar-refractivity contribution in [3.63, 3.8) is 0 Å². The molecule has 4 rings (SSSR count). The molecule has 2 fully saturated rings. The SMILES string of the molecule is C=C.CN(CCC1(O)CC1)c1nccc(Nc2cc(C3CC3)[nH]n2)n1. The number of aliphatic hydroxyl groups is 1. The number of hydrogen-bond donors (Lipinski definition) is 3. The fourth-order valence-electron chi connectivity index (χ4n) is 2.61. The van der Waals surface area contributed by atoms with Gasteiger partial charge in [-0.15, -0.1) is 13.2 Å². The molecule has 2 aromatic heterocycles. The summed E-state index contributed by atoms with van der Waals surface area (Å²) in [6.45, 7) is 6.74. The van der Waals surface area contributed by atoms with Crippen LogP contribution in [-0.4, -0.2) is 44.5 Å². The highest BCUT2D eigenvalue weighted by Gasteiger charge is 2.39. The molecule has 0 aromatic carbocycles. The maximum Gasteiger partial charge on any atom is 0.227 e. The second-order valence-corrected chi connectivity index (χ2v) is 6.75. The molecular formula is C18H26N6O. The van der Waals surface area contributed by atoms with Gasteiger partial charge in [-0.25, -0.2) is 4.98 Å². The van der Waals surface area contributed by atoms with E-state index in [9.17, 15) is 5.11 Å². The Kier molecular flexibility index (Phi) is 5.03. The summed E-state index contributed by atoms with van der Waals surface area (Å²) in [5.41, 5.74) is 0.745. The summed E-state index contributed by atoms with van der Waals surface area (Å²) in [5.74, 6) is 2.81. The molecule has 0 spiro atoms. The quantitative estimate of drug-likeness (QED) is 0.670. The molecule has 2 saturated carbocycles. The van der Waals surface area contributed by atoms with Gasteiger partial charge in [0.1, 0.15) is 5.82 Å². The van der Waals surface area contributed by atoms with Gasteiger partial charge < -0.3 is 15.3 Å². The van der Waals surface area contributed by atoms with Crippen LogP contribution >= 0.6 is 0 Å². The lowest BCUT2D eigenvalue weighted by molar-refractivity contribution is 0.142. The molecular weight excluding hydrogens is 316 g/mol. The molecule has 0 aliphatic heterocycles. The molecule has 0 radical (unpaired) electrons. The number of aromatic nitrogens is 4. The number of hydrogen-bond acceptors (Lipinski definition) is 6. The molecule has 2 aliphatic carbocycles. The molecule has 2 heterocycles. The standard InChI is InChI=1S/C16H22N6O.C2H4/c1-22(9-7-16(23)5-6-16)15-17-8-4-13(19-15)18-14-10-12(20-21-14)11-2-3-11;1-2/h4,8,10-11,23H,2-3,5-7,9H2,1H3,(H2,17,18,19,20,21);1-2H2. The lowest BCUT2D eigenvalue weighted by Crippen LogP contribution is -2.25. The molecule has 7 heteroatoms. The van der Waals surface area contributed by atoms with Gasteiger partial charge in [0, 0.05) is 37.5 Å². The molecule has 0 amide bonds. The van der Waals surface area contributed by atoms with Crippen molar-refractivity contribution in [1.82, 2.24) is 20.2 Å². The molecule has 0 atom stereocenters. The van der Waals surface area contributed by atoms with Crippen molar-refractivity contribution in [2.24, 2.45) is 0 Å². The molecule has 2 aliphatic rings. The summed E-state index contributed by atoms with van der Waals surface area (Å²) < 4.78 is 0. The first-order valence-electron chi connectivity index (χ1n) is 8.70. The van der Waals surface area contributed by atoms with Crippen LogP contribution < -0.4 is 10.2 Å². The molecule has 0 unspecified atom stereocenters. The van der Waals surface area contributed by atoms with Crippen LogP contribution in [0.4, 0.5) is 17.6 Å². The number of H-pyrrole nitrogens is 1. The van der Waals surface area contributed by atoms with Crippen molar-refractivity contribution >= 4 is 17.6 Å². The van der Waals surface area contributed by atoms with Crippen LogP contribution in [0.5, 0.6) is 0 Å². The van der Waals surface area contributed by atoms with Gasteiger partial charge in [-0.05, 0) is 38.2 Å². The van der Waals surface area contributed by atoms with E-state index in [1.807, 2.05) is 24.1 Å². The first-order valence-corrected chi connectivity index (χ1v) is 8.70. The number of aromatic amines is 1. The Morgan fingerprint density at radius 2 is 2.12 bits per heavy atom. The van der Waals surface area contributed by atoms with E-state index >= 15 is 0 Å². The van der Waals surface area contributed by atoms with Gasteiger partial charge in [-0.2, -0.15) is 10.1 Å². The van der Waals surface area contributed by atoms with E-state index in [1.165, 1.54) is 18.5 Å². The summed E-state index contributed by atoms with van der Waals surface area (Å²) in [7, 11) is 1.95. The van der Waals surface area contributed by atoms with Crippen molar-refractivity contribution in [2.45, 2.75) is 43.6 Å². The molecule has 134 valence electrons. The zero-order chi connectivity index (χ0) is 17.9. The van der Waals surface area contributed by atoms with Gasteiger partial charge in [0.2, 0.25) is 5.95 Å². The highest BCUT2D eigenvalue weighted by Crippen LogP contribution is 2.40. The summed E-state index contributed by atoms with van der Waals surface area (Å²) in [5, 5.41) is 20.5. The van der Waals surface area contributed by atoms with Crippen LogP contribution in [0.25, 0.3) is 0 Å². The fraction of sp³-hybridized carbons (Fsp3) is 0.500. The fourth-order valence-corrected chi connectivity index (χ4v) is 2.61. The minimum absolute atomic E-state index is 0.446. The van der Waals surface area contributed by atoms with Crippen molar-refractivity contribution in [3.05, 3.63) is 37.2 Å². The predicted molar refractivity (Wildman–Crippen MR) is 99.2 cm³/mol.